The van der Waals surface area contributed by atoms with E-state index in [1.807, 2.05) is 11.8 Å². The van der Waals surface area contributed by atoms with Gasteiger partial charge >= 0.3 is 0 Å². The van der Waals surface area contributed by atoms with Crippen molar-refractivity contribution in [2.75, 3.05) is 37.9 Å². The van der Waals surface area contributed by atoms with Crippen LogP contribution in [0.5, 0.6) is 0 Å². The summed E-state index contributed by atoms with van der Waals surface area (Å²) in [6, 6.07) is 0. The highest BCUT2D eigenvalue weighted by atomic mass is 32.2. The molecule has 0 aromatic rings. The number of hydrogen-bond acceptors (Lipinski definition) is 3. The third kappa shape index (κ3) is 8.57. The molecule has 0 aromatic heterocycles. The normalized spacial score (nSPS) is 10.9. The Bertz CT molecular complexity index is 78.5. The van der Waals surface area contributed by atoms with Crippen molar-refractivity contribution in [1.82, 2.24) is 4.90 Å². The van der Waals surface area contributed by atoms with Gasteiger partial charge in [-0.25, -0.2) is 0 Å². The first-order valence-corrected chi connectivity index (χ1v) is 6.12. The van der Waals surface area contributed by atoms with Crippen LogP contribution in [0.3, 0.4) is 0 Å². The van der Waals surface area contributed by atoms with Crippen LogP contribution in [0.2, 0.25) is 0 Å². The van der Waals surface area contributed by atoms with Crippen molar-refractivity contribution in [3.8, 4) is 0 Å². The minimum atomic E-state index is 1.02. The molecule has 0 N–H and O–H groups in total. The Kier molecular flexibility index (Phi) is 9.28. The summed E-state index contributed by atoms with van der Waals surface area (Å²) in [6.45, 7) is 2.44. The molecule has 0 aliphatic heterocycles. The molecule has 0 aromatic carbocycles. The summed E-state index contributed by atoms with van der Waals surface area (Å²) < 4.78 is 0. The molecule has 0 fully saturated rings. The zero-order valence-electron chi connectivity index (χ0n) is 7.55. The molecule has 0 aliphatic carbocycles. The van der Waals surface area contributed by atoms with Crippen LogP contribution in [0.4, 0.5) is 0 Å². The van der Waals surface area contributed by atoms with Crippen LogP contribution in [-0.4, -0.2) is 42.8 Å². The van der Waals surface area contributed by atoms with Crippen molar-refractivity contribution >= 4 is 24.4 Å². The second kappa shape index (κ2) is 8.75. The van der Waals surface area contributed by atoms with Gasteiger partial charge in [0.2, 0.25) is 0 Å². The molecule has 0 heterocycles. The number of hydrogen-bond donors (Lipinski definition) is 1. The van der Waals surface area contributed by atoms with Crippen molar-refractivity contribution in [2.24, 2.45) is 0 Å². The lowest BCUT2D eigenvalue weighted by Crippen LogP contribution is -2.22. The topological polar surface area (TPSA) is 3.24 Å². The largest absolute Gasteiger partial charge is 0.306 e. The van der Waals surface area contributed by atoms with Gasteiger partial charge in [-0.15, -0.1) is 0 Å². The maximum absolute atomic E-state index is 4.17. The van der Waals surface area contributed by atoms with Gasteiger partial charge in [-0.1, -0.05) is 0 Å². The molecule has 11 heavy (non-hydrogen) atoms. The van der Waals surface area contributed by atoms with E-state index in [4.69, 9.17) is 0 Å². The predicted octanol–water partition coefficient (Wildman–Crippen LogP) is 1.99. The molecule has 0 aliphatic rings. The summed E-state index contributed by atoms with van der Waals surface area (Å²) in [5.41, 5.74) is 0. The fourth-order valence-corrected chi connectivity index (χ4v) is 1.57. The summed E-state index contributed by atoms with van der Waals surface area (Å²) >= 11 is 6.08. The van der Waals surface area contributed by atoms with E-state index in [9.17, 15) is 0 Å². The van der Waals surface area contributed by atoms with Crippen molar-refractivity contribution in [3.63, 3.8) is 0 Å². The number of thiol groups is 1. The predicted molar refractivity (Wildman–Crippen MR) is 59.0 cm³/mol. The lowest BCUT2D eigenvalue weighted by Gasteiger charge is -2.14. The summed E-state index contributed by atoms with van der Waals surface area (Å²) in [4.78, 5) is 2.39. The van der Waals surface area contributed by atoms with E-state index < -0.39 is 0 Å². The quantitative estimate of drug-likeness (QED) is 0.486. The third-order valence-corrected chi connectivity index (χ3v) is 2.53. The SMILES string of the molecule is CSCCN(C)CCCCS. The molecule has 0 unspecified atom stereocenters. The summed E-state index contributed by atoms with van der Waals surface area (Å²) in [7, 11) is 2.19. The minimum Gasteiger partial charge on any atom is -0.306 e. The van der Waals surface area contributed by atoms with Crippen molar-refractivity contribution in [3.05, 3.63) is 0 Å². The van der Waals surface area contributed by atoms with Gasteiger partial charge < -0.3 is 4.90 Å². The molecule has 3 heteroatoms. The number of unbranched alkanes of at least 4 members (excludes halogenated alkanes) is 1. The molecule has 0 saturated carbocycles. The maximum atomic E-state index is 4.17. The average molecular weight is 193 g/mol. The first kappa shape index (κ1) is 11.7. The maximum Gasteiger partial charge on any atom is 0.00692 e. The standard InChI is InChI=1S/C8H19NS2/c1-9(6-8-11-2)5-3-4-7-10/h10H,3-8H2,1-2H3. The molecule has 0 spiro atoms. The Hall–Kier alpha value is 0.660. The Labute approximate surface area is 80.3 Å². The molecule has 0 saturated heterocycles. The highest BCUT2D eigenvalue weighted by Crippen LogP contribution is 1.97. The van der Waals surface area contributed by atoms with Crippen LogP contribution in [0.25, 0.3) is 0 Å². The number of thioether (sulfide) groups is 1. The van der Waals surface area contributed by atoms with Gasteiger partial charge in [0.25, 0.3) is 0 Å². The highest BCUT2D eigenvalue weighted by Gasteiger charge is 1.95. The average Bonchev–Trinajstić information content (AvgIpc) is 2.01. The van der Waals surface area contributed by atoms with Gasteiger partial charge in [0.1, 0.15) is 0 Å². The number of nitrogens with zero attached hydrogens (tertiary/aromatic N) is 1. The summed E-state index contributed by atoms with van der Waals surface area (Å²) in [6.07, 6.45) is 4.68. The van der Waals surface area contributed by atoms with E-state index in [0.29, 0.717) is 0 Å². The van der Waals surface area contributed by atoms with Crippen LogP contribution in [0.1, 0.15) is 12.8 Å². The van der Waals surface area contributed by atoms with Crippen LogP contribution in [-0.2, 0) is 0 Å². The first-order valence-electron chi connectivity index (χ1n) is 4.09. The van der Waals surface area contributed by atoms with Gasteiger partial charge in [0.05, 0.1) is 0 Å². The molecule has 0 amide bonds. The lowest BCUT2D eigenvalue weighted by molar-refractivity contribution is 0.349. The molecule has 68 valence electrons. The van der Waals surface area contributed by atoms with E-state index >= 15 is 0 Å². The Morgan fingerprint density at radius 1 is 1.27 bits per heavy atom. The number of rotatable bonds is 7. The van der Waals surface area contributed by atoms with E-state index in [0.717, 1.165) is 5.75 Å². The van der Waals surface area contributed by atoms with E-state index in [1.54, 1.807) is 0 Å². The molecule has 0 radical (unpaired) electrons. The second-order valence-electron chi connectivity index (χ2n) is 2.73. The third-order valence-electron chi connectivity index (χ3n) is 1.63. The molecular weight excluding hydrogens is 174 g/mol. The second-order valence-corrected chi connectivity index (χ2v) is 4.16. The van der Waals surface area contributed by atoms with Crippen molar-refractivity contribution in [2.45, 2.75) is 12.8 Å². The summed E-state index contributed by atoms with van der Waals surface area (Å²) in [5, 5.41) is 0. The Morgan fingerprint density at radius 3 is 2.55 bits per heavy atom. The highest BCUT2D eigenvalue weighted by molar-refractivity contribution is 7.98. The van der Waals surface area contributed by atoms with Crippen LogP contribution in [0.15, 0.2) is 0 Å². The molecule has 1 nitrogen and oxygen atoms in total. The van der Waals surface area contributed by atoms with E-state index in [2.05, 4.69) is 30.8 Å². The van der Waals surface area contributed by atoms with Gasteiger partial charge in [-0.2, -0.15) is 24.4 Å². The monoisotopic (exact) mass is 193 g/mol. The van der Waals surface area contributed by atoms with Gasteiger partial charge in [-0.05, 0) is 38.4 Å². The van der Waals surface area contributed by atoms with Crippen LogP contribution in [0, 0.1) is 0 Å². The smallest absolute Gasteiger partial charge is 0.00692 e. The molecule has 0 rings (SSSR count). The fraction of sp³-hybridized carbons (Fsp3) is 1.00. The zero-order valence-corrected chi connectivity index (χ0v) is 9.26. The van der Waals surface area contributed by atoms with Crippen LogP contribution >= 0.6 is 24.4 Å². The lowest BCUT2D eigenvalue weighted by atomic mass is 10.3. The minimum absolute atomic E-state index is 1.02. The molecular formula is C8H19NS2. The van der Waals surface area contributed by atoms with Gasteiger partial charge in [-0.3, -0.25) is 0 Å². The fourth-order valence-electron chi connectivity index (χ4n) is 0.852. The van der Waals surface area contributed by atoms with Crippen molar-refractivity contribution < 1.29 is 0 Å². The first-order chi connectivity index (χ1) is 5.31. The van der Waals surface area contributed by atoms with E-state index in [-0.39, 0.29) is 0 Å². The molecule has 0 atom stereocenters. The van der Waals surface area contributed by atoms with Gasteiger partial charge in [0, 0.05) is 12.3 Å². The Morgan fingerprint density at radius 2 is 2.00 bits per heavy atom. The zero-order chi connectivity index (χ0) is 8.53. The van der Waals surface area contributed by atoms with E-state index in [1.165, 1.54) is 31.7 Å². The summed E-state index contributed by atoms with van der Waals surface area (Å²) in [5.74, 6) is 2.27. The Balaban J connectivity index is 3.02. The van der Waals surface area contributed by atoms with Gasteiger partial charge in [0.15, 0.2) is 0 Å². The van der Waals surface area contributed by atoms with Crippen LogP contribution < -0.4 is 0 Å². The molecule has 0 bridgehead atoms. The van der Waals surface area contributed by atoms with Crippen molar-refractivity contribution in [1.29, 1.82) is 0 Å².